The van der Waals surface area contributed by atoms with E-state index >= 15 is 0 Å². The van der Waals surface area contributed by atoms with Crippen LogP contribution in [0.5, 0.6) is 0 Å². The van der Waals surface area contributed by atoms with Crippen LogP contribution in [0.3, 0.4) is 0 Å². The van der Waals surface area contributed by atoms with Crippen molar-refractivity contribution in [3.05, 3.63) is 65.5 Å². The third-order valence-corrected chi connectivity index (χ3v) is 5.03. The van der Waals surface area contributed by atoms with Crippen LogP contribution in [0.1, 0.15) is 5.56 Å². The molecule has 0 amide bonds. The van der Waals surface area contributed by atoms with Gasteiger partial charge in [0.15, 0.2) is 17.5 Å². The summed E-state index contributed by atoms with van der Waals surface area (Å²) in [6.45, 7) is -0.949. The van der Waals surface area contributed by atoms with Crippen molar-refractivity contribution in [2.75, 3.05) is 13.2 Å². The lowest BCUT2D eigenvalue weighted by Crippen LogP contribution is -2.34. The van der Waals surface area contributed by atoms with Gasteiger partial charge in [0.25, 0.3) is 0 Å². The Balaban J connectivity index is 2.43. The van der Waals surface area contributed by atoms with Gasteiger partial charge in [-0.15, -0.1) is 0 Å². The zero-order valence-electron chi connectivity index (χ0n) is 11.9. The standard InChI is InChI=1S/C15H14F3NO3S/c16-12-6-7-13(15(18)14(12)17)23(21,22)19(8-9-20)10-11-4-2-1-3-5-11/h1-7,20H,8-10H2. The monoisotopic (exact) mass is 345 g/mol. The zero-order valence-corrected chi connectivity index (χ0v) is 12.7. The maximum atomic E-state index is 13.8. The molecule has 0 bridgehead atoms. The molecule has 2 aromatic rings. The van der Waals surface area contributed by atoms with E-state index in [2.05, 4.69) is 0 Å². The highest BCUT2D eigenvalue weighted by molar-refractivity contribution is 7.89. The van der Waals surface area contributed by atoms with Crippen LogP contribution in [0.25, 0.3) is 0 Å². The van der Waals surface area contributed by atoms with E-state index in [1.807, 2.05) is 0 Å². The zero-order chi connectivity index (χ0) is 17.0. The fraction of sp³-hybridized carbons (Fsp3) is 0.200. The summed E-state index contributed by atoms with van der Waals surface area (Å²) in [6, 6.07) is 9.64. The van der Waals surface area contributed by atoms with E-state index in [-0.39, 0.29) is 13.1 Å². The van der Waals surface area contributed by atoms with Crippen LogP contribution in [-0.4, -0.2) is 31.0 Å². The Morgan fingerprint density at radius 1 is 0.957 bits per heavy atom. The van der Waals surface area contributed by atoms with Gasteiger partial charge in [0, 0.05) is 13.1 Å². The van der Waals surface area contributed by atoms with E-state index in [9.17, 15) is 21.6 Å². The van der Waals surface area contributed by atoms with Crippen molar-refractivity contribution in [3.63, 3.8) is 0 Å². The first-order valence-corrected chi connectivity index (χ1v) is 8.10. The summed E-state index contributed by atoms with van der Waals surface area (Å²) in [6.07, 6.45) is 0. The lowest BCUT2D eigenvalue weighted by molar-refractivity contribution is 0.250. The van der Waals surface area contributed by atoms with Crippen molar-refractivity contribution in [1.29, 1.82) is 0 Å². The van der Waals surface area contributed by atoms with Crippen LogP contribution >= 0.6 is 0 Å². The molecule has 8 heteroatoms. The van der Waals surface area contributed by atoms with Crippen molar-refractivity contribution >= 4 is 10.0 Å². The minimum absolute atomic E-state index is 0.137. The first-order valence-electron chi connectivity index (χ1n) is 6.66. The quantitative estimate of drug-likeness (QED) is 0.818. The topological polar surface area (TPSA) is 57.6 Å². The molecule has 0 radical (unpaired) electrons. The van der Waals surface area contributed by atoms with Crippen LogP contribution in [0, 0.1) is 17.5 Å². The summed E-state index contributed by atoms with van der Waals surface area (Å²) in [4.78, 5) is -0.971. The van der Waals surface area contributed by atoms with Crippen molar-refractivity contribution < 1.29 is 26.7 Å². The molecule has 4 nitrogen and oxygen atoms in total. The highest BCUT2D eigenvalue weighted by Gasteiger charge is 2.30. The molecule has 0 heterocycles. The summed E-state index contributed by atoms with van der Waals surface area (Å²) in [5, 5.41) is 9.06. The third-order valence-electron chi connectivity index (χ3n) is 3.17. The smallest absolute Gasteiger partial charge is 0.246 e. The fourth-order valence-electron chi connectivity index (χ4n) is 2.03. The minimum atomic E-state index is -4.44. The second kappa shape index (κ2) is 7.12. The first kappa shape index (κ1) is 17.5. The molecule has 2 aromatic carbocycles. The number of nitrogens with zero attached hydrogens (tertiary/aromatic N) is 1. The predicted molar refractivity (Wildman–Crippen MR) is 77.4 cm³/mol. The molecule has 0 unspecified atom stereocenters. The Labute approximate surface area is 131 Å². The van der Waals surface area contributed by atoms with Gasteiger partial charge in [-0.25, -0.2) is 21.6 Å². The van der Waals surface area contributed by atoms with E-state index in [0.717, 1.165) is 4.31 Å². The molecule has 0 saturated heterocycles. The van der Waals surface area contributed by atoms with E-state index < -0.39 is 39.0 Å². The van der Waals surface area contributed by atoms with E-state index in [4.69, 9.17) is 5.11 Å². The molecule has 2 rings (SSSR count). The average Bonchev–Trinajstić information content (AvgIpc) is 2.53. The van der Waals surface area contributed by atoms with Gasteiger partial charge in [0.2, 0.25) is 10.0 Å². The SMILES string of the molecule is O=S(=O)(c1ccc(F)c(F)c1F)N(CCO)Cc1ccccc1. The molecule has 0 aliphatic carbocycles. The molecule has 0 aliphatic rings. The minimum Gasteiger partial charge on any atom is -0.395 e. The molecule has 0 fully saturated rings. The summed E-state index contributed by atoms with van der Waals surface area (Å²) < 4.78 is 65.9. The van der Waals surface area contributed by atoms with Gasteiger partial charge in [-0.3, -0.25) is 0 Å². The molecule has 0 saturated carbocycles. The second-order valence-corrected chi connectivity index (χ2v) is 6.63. The largest absolute Gasteiger partial charge is 0.395 e. The highest BCUT2D eigenvalue weighted by atomic mass is 32.2. The van der Waals surface area contributed by atoms with Crippen molar-refractivity contribution in [1.82, 2.24) is 4.31 Å². The number of hydrogen-bond acceptors (Lipinski definition) is 3. The summed E-state index contributed by atoms with van der Waals surface area (Å²) in [5.74, 6) is -5.10. The highest BCUT2D eigenvalue weighted by Crippen LogP contribution is 2.24. The number of aliphatic hydroxyl groups excluding tert-OH is 1. The molecule has 0 spiro atoms. The Hall–Kier alpha value is -1.90. The molecule has 124 valence electrons. The van der Waals surface area contributed by atoms with Gasteiger partial charge >= 0.3 is 0 Å². The fourth-order valence-corrected chi connectivity index (χ4v) is 3.50. The Kier molecular flexibility index (Phi) is 5.40. The Bertz CT molecular complexity index is 782. The van der Waals surface area contributed by atoms with Gasteiger partial charge in [0.1, 0.15) is 4.90 Å². The van der Waals surface area contributed by atoms with Crippen molar-refractivity contribution in [2.45, 2.75) is 11.4 Å². The molecule has 1 N–H and O–H groups in total. The predicted octanol–water partition coefficient (Wildman–Crippen LogP) is 2.29. The van der Waals surface area contributed by atoms with Crippen molar-refractivity contribution in [2.24, 2.45) is 0 Å². The summed E-state index contributed by atoms with van der Waals surface area (Å²) in [7, 11) is -4.44. The van der Waals surface area contributed by atoms with Gasteiger partial charge in [0.05, 0.1) is 6.61 Å². The number of rotatable bonds is 6. The summed E-state index contributed by atoms with van der Waals surface area (Å²) in [5.41, 5.74) is 0.604. The average molecular weight is 345 g/mol. The van der Waals surface area contributed by atoms with E-state index in [0.29, 0.717) is 17.7 Å². The van der Waals surface area contributed by atoms with Crippen LogP contribution in [0.4, 0.5) is 13.2 Å². The summed E-state index contributed by atoms with van der Waals surface area (Å²) >= 11 is 0. The van der Waals surface area contributed by atoms with Crippen LogP contribution < -0.4 is 0 Å². The normalized spacial score (nSPS) is 11.9. The van der Waals surface area contributed by atoms with E-state index in [1.165, 1.54) is 0 Å². The molecule has 23 heavy (non-hydrogen) atoms. The maximum absolute atomic E-state index is 13.8. The molecular formula is C15H14F3NO3S. The second-order valence-electron chi connectivity index (χ2n) is 4.72. The molecule has 0 atom stereocenters. The van der Waals surface area contributed by atoms with Crippen LogP contribution in [0.2, 0.25) is 0 Å². The maximum Gasteiger partial charge on any atom is 0.246 e. The lowest BCUT2D eigenvalue weighted by atomic mass is 10.2. The molecular weight excluding hydrogens is 331 g/mol. The van der Waals surface area contributed by atoms with Gasteiger partial charge in [-0.1, -0.05) is 30.3 Å². The van der Waals surface area contributed by atoms with Gasteiger partial charge < -0.3 is 5.11 Å². The van der Waals surface area contributed by atoms with Gasteiger partial charge in [-0.2, -0.15) is 4.31 Å². The number of sulfonamides is 1. The lowest BCUT2D eigenvalue weighted by Gasteiger charge is -2.21. The third kappa shape index (κ3) is 3.72. The first-order chi connectivity index (χ1) is 10.9. The van der Waals surface area contributed by atoms with Gasteiger partial charge in [-0.05, 0) is 17.7 Å². The molecule has 0 aliphatic heterocycles. The Morgan fingerprint density at radius 3 is 2.22 bits per heavy atom. The number of halogens is 3. The van der Waals surface area contributed by atoms with Crippen LogP contribution in [-0.2, 0) is 16.6 Å². The van der Waals surface area contributed by atoms with Crippen LogP contribution in [0.15, 0.2) is 47.4 Å². The van der Waals surface area contributed by atoms with Crippen molar-refractivity contribution in [3.8, 4) is 0 Å². The van der Waals surface area contributed by atoms with E-state index in [1.54, 1.807) is 30.3 Å². The Morgan fingerprint density at radius 2 is 1.61 bits per heavy atom. The number of aliphatic hydroxyl groups is 1. The molecule has 0 aromatic heterocycles. The number of benzene rings is 2. The number of hydrogen-bond donors (Lipinski definition) is 1.